The monoisotopic (exact) mass is 161 g/mol. The van der Waals surface area contributed by atoms with Gasteiger partial charge < -0.3 is 14.8 Å². The molecule has 4 nitrogen and oxygen atoms in total. The number of carbonyl (C=O) groups is 2. The fraction of sp³-hybridized carbons (Fsp3) is 0.714. The van der Waals surface area contributed by atoms with E-state index in [1.165, 1.54) is 7.11 Å². The van der Waals surface area contributed by atoms with Crippen LogP contribution in [0, 0.1) is 0 Å². The molecule has 0 aliphatic rings. The Hall–Kier alpha value is -1.06. The fourth-order valence-electron chi connectivity index (χ4n) is 0.279. The molecule has 0 aromatic heterocycles. The van der Waals surface area contributed by atoms with E-state index in [2.05, 4.69) is 10.1 Å². The number of hydrogen-bond acceptors (Lipinski definition) is 3. The van der Waals surface area contributed by atoms with Crippen LogP contribution in [0.25, 0.3) is 0 Å². The first-order valence-corrected chi connectivity index (χ1v) is 3.50. The fourth-order valence-corrected chi connectivity index (χ4v) is 0.279. The molecule has 0 unspecified atom stereocenters. The van der Waals surface area contributed by atoms with E-state index in [4.69, 9.17) is 0 Å². The Kier molecular flexibility index (Phi) is 10.2. The maximum absolute atomic E-state index is 10.3. The highest BCUT2D eigenvalue weighted by molar-refractivity contribution is 5.72. The van der Waals surface area contributed by atoms with Crippen molar-refractivity contribution in [1.29, 1.82) is 0 Å². The van der Waals surface area contributed by atoms with Crippen molar-refractivity contribution in [1.82, 2.24) is 5.32 Å². The minimum Gasteiger partial charge on any atom is -0.453 e. The minimum absolute atomic E-state index is 0.475. The smallest absolute Gasteiger partial charge is 0.407 e. The summed E-state index contributed by atoms with van der Waals surface area (Å²) in [5, 5.41) is 2.25. The molecule has 0 saturated carbocycles. The Bertz CT molecular complexity index is 114. The molecule has 1 amide bonds. The van der Waals surface area contributed by atoms with Gasteiger partial charge in [0.1, 0.15) is 6.29 Å². The second-order valence-electron chi connectivity index (χ2n) is 1.56. The normalized spacial score (nSPS) is 10.2. The van der Waals surface area contributed by atoms with Gasteiger partial charge in [-0.3, -0.25) is 0 Å². The van der Waals surface area contributed by atoms with Gasteiger partial charge in [-0.25, -0.2) is 4.79 Å². The number of hydrogen-bond donors (Lipinski definition) is 1. The Morgan fingerprint density at radius 1 is 1.55 bits per heavy atom. The van der Waals surface area contributed by atoms with E-state index in [9.17, 15) is 9.59 Å². The molecule has 1 N–H and O–H groups in total. The number of methoxy groups -OCH3 is 1. The molecule has 0 spiro atoms. The average Bonchev–Trinajstić information content (AvgIpc) is 2.07. The van der Waals surface area contributed by atoms with Crippen LogP contribution in [0.2, 0.25) is 0 Å². The maximum Gasteiger partial charge on any atom is 0.407 e. The summed E-state index contributed by atoms with van der Waals surface area (Å²) >= 11 is 0. The van der Waals surface area contributed by atoms with Crippen LogP contribution in [-0.2, 0) is 9.53 Å². The van der Waals surface area contributed by atoms with Crippen molar-refractivity contribution in [3.8, 4) is 0 Å². The second-order valence-corrected chi connectivity index (χ2v) is 1.56. The average molecular weight is 161 g/mol. The molecule has 0 rings (SSSR count). The number of nitrogens with one attached hydrogen (secondary N) is 1. The first-order valence-electron chi connectivity index (χ1n) is 3.50. The third-order valence-corrected chi connectivity index (χ3v) is 0.735. The zero-order valence-electron chi connectivity index (χ0n) is 7.38. The SMILES string of the molecule is CC.COC(=O)N[C@H](C)C=O. The van der Waals surface area contributed by atoms with Crippen LogP contribution < -0.4 is 5.32 Å². The topological polar surface area (TPSA) is 55.4 Å². The van der Waals surface area contributed by atoms with Gasteiger partial charge in [0.15, 0.2) is 0 Å². The lowest BCUT2D eigenvalue weighted by atomic mass is 10.4. The molecular formula is C7H15NO3. The van der Waals surface area contributed by atoms with Gasteiger partial charge in [-0.15, -0.1) is 0 Å². The summed E-state index contributed by atoms with van der Waals surface area (Å²) in [4.78, 5) is 20.2. The quantitative estimate of drug-likeness (QED) is 0.613. The van der Waals surface area contributed by atoms with Crippen molar-refractivity contribution in [2.45, 2.75) is 26.8 Å². The van der Waals surface area contributed by atoms with Crippen LogP contribution >= 0.6 is 0 Å². The van der Waals surface area contributed by atoms with Crippen LogP contribution in [0.5, 0.6) is 0 Å². The number of rotatable bonds is 2. The van der Waals surface area contributed by atoms with Crippen LogP contribution in [0.3, 0.4) is 0 Å². The molecule has 0 aromatic carbocycles. The first kappa shape index (κ1) is 12.6. The van der Waals surface area contributed by atoms with E-state index in [1.54, 1.807) is 6.92 Å². The van der Waals surface area contributed by atoms with Crippen molar-refractivity contribution in [3.63, 3.8) is 0 Å². The molecule has 0 bridgehead atoms. The standard InChI is InChI=1S/C5H9NO3.C2H6/c1-4(3-7)6-5(8)9-2;1-2/h3-4H,1-2H3,(H,6,8);1-2H3/t4-;/m1./s1. The maximum atomic E-state index is 10.3. The number of alkyl carbamates (subject to hydrolysis) is 1. The molecule has 0 heterocycles. The Morgan fingerprint density at radius 3 is 2.27 bits per heavy atom. The lowest BCUT2D eigenvalue weighted by Gasteiger charge is -2.03. The summed E-state index contributed by atoms with van der Waals surface area (Å²) in [7, 11) is 1.24. The third kappa shape index (κ3) is 8.94. The highest BCUT2D eigenvalue weighted by Crippen LogP contribution is 1.75. The zero-order chi connectivity index (χ0) is 9.28. The van der Waals surface area contributed by atoms with E-state index >= 15 is 0 Å². The molecule has 0 saturated heterocycles. The highest BCUT2D eigenvalue weighted by atomic mass is 16.5. The highest BCUT2D eigenvalue weighted by Gasteiger charge is 2.02. The van der Waals surface area contributed by atoms with Gasteiger partial charge >= 0.3 is 6.09 Å². The molecule has 0 fully saturated rings. The van der Waals surface area contributed by atoms with Gasteiger partial charge in [-0.2, -0.15) is 0 Å². The number of aldehydes is 1. The van der Waals surface area contributed by atoms with Gasteiger partial charge in [0.05, 0.1) is 13.2 Å². The van der Waals surface area contributed by atoms with E-state index < -0.39 is 12.1 Å². The predicted molar refractivity (Wildman–Crippen MR) is 42.4 cm³/mol. The molecule has 66 valence electrons. The number of carbonyl (C=O) groups excluding carboxylic acids is 2. The molecule has 4 heteroatoms. The summed E-state index contributed by atoms with van der Waals surface area (Å²) in [6, 6.07) is -0.475. The lowest BCUT2D eigenvalue weighted by molar-refractivity contribution is -0.109. The largest absolute Gasteiger partial charge is 0.453 e. The van der Waals surface area contributed by atoms with Crippen LogP contribution in [0.4, 0.5) is 4.79 Å². The molecule has 0 aromatic rings. The van der Waals surface area contributed by atoms with Crippen molar-refractivity contribution in [2.24, 2.45) is 0 Å². The van der Waals surface area contributed by atoms with Gasteiger partial charge in [0, 0.05) is 0 Å². The number of amides is 1. The summed E-state index contributed by atoms with van der Waals surface area (Å²) in [5.41, 5.74) is 0. The van der Waals surface area contributed by atoms with Crippen LogP contribution in [0.1, 0.15) is 20.8 Å². The predicted octanol–water partition coefficient (Wildman–Crippen LogP) is 0.956. The molecule has 0 aliphatic carbocycles. The van der Waals surface area contributed by atoms with E-state index in [1.807, 2.05) is 13.8 Å². The lowest BCUT2D eigenvalue weighted by Crippen LogP contribution is -2.33. The van der Waals surface area contributed by atoms with Crippen molar-refractivity contribution in [2.75, 3.05) is 7.11 Å². The second kappa shape index (κ2) is 8.94. The van der Waals surface area contributed by atoms with Gasteiger partial charge in [0.2, 0.25) is 0 Å². The van der Waals surface area contributed by atoms with Gasteiger partial charge in [-0.1, -0.05) is 13.8 Å². The van der Waals surface area contributed by atoms with Gasteiger partial charge in [-0.05, 0) is 6.92 Å². The Balaban J connectivity index is 0. The van der Waals surface area contributed by atoms with Crippen molar-refractivity contribution >= 4 is 12.4 Å². The van der Waals surface area contributed by atoms with Crippen molar-refractivity contribution in [3.05, 3.63) is 0 Å². The molecule has 11 heavy (non-hydrogen) atoms. The van der Waals surface area contributed by atoms with Crippen LogP contribution in [0.15, 0.2) is 0 Å². The molecule has 1 atom stereocenters. The molecular weight excluding hydrogens is 146 g/mol. The Labute approximate surface area is 66.9 Å². The molecule has 0 aliphatic heterocycles. The van der Waals surface area contributed by atoms with Gasteiger partial charge in [0.25, 0.3) is 0 Å². The molecule has 0 radical (unpaired) electrons. The van der Waals surface area contributed by atoms with E-state index in [0.717, 1.165) is 0 Å². The number of ether oxygens (including phenoxy) is 1. The Morgan fingerprint density at radius 2 is 2.00 bits per heavy atom. The summed E-state index contributed by atoms with van der Waals surface area (Å²) < 4.78 is 4.21. The third-order valence-electron chi connectivity index (χ3n) is 0.735. The zero-order valence-corrected chi connectivity index (χ0v) is 7.38. The first-order chi connectivity index (χ1) is 5.20. The van der Waals surface area contributed by atoms with E-state index in [-0.39, 0.29) is 0 Å². The summed E-state index contributed by atoms with van der Waals surface area (Å²) in [6.45, 7) is 5.56. The summed E-state index contributed by atoms with van der Waals surface area (Å²) in [6.07, 6.45) is 0.0336. The summed E-state index contributed by atoms with van der Waals surface area (Å²) in [5.74, 6) is 0. The minimum atomic E-state index is -0.588. The van der Waals surface area contributed by atoms with Crippen LogP contribution in [-0.4, -0.2) is 25.5 Å². The van der Waals surface area contributed by atoms with Crippen molar-refractivity contribution < 1.29 is 14.3 Å². The van der Waals surface area contributed by atoms with E-state index in [0.29, 0.717) is 6.29 Å².